The number of hydrogen-bond acceptors (Lipinski definition) is 3. The lowest BCUT2D eigenvalue weighted by molar-refractivity contribution is -0.123. The van der Waals surface area contributed by atoms with Crippen molar-refractivity contribution in [2.45, 2.75) is 26.7 Å². The van der Waals surface area contributed by atoms with Crippen LogP contribution in [0.1, 0.15) is 35.7 Å². The van der Waals surface area contributed by atoms with Gasteiger partial charge in [-0.2, -0.15) is 0 Å². The van der Waals surface area contributed by atoms with Crippen LogP contribution in [-0.4, -0.2) is 22.9 Å². The van der Waals surface area contributed by atoms with Gasteiger partial charge < -0.3 is 5.11 Å². The molecule has 0 spiro atoms. The van der Waals surface area contributed by atoms with Crippen LogP contribution in [0.3, 0.4) is 0 Å². The first-order chi connectivity index (χ1) is 9.91. The van der Waals surface area contributed by atoms with Crippen molar-refractivity contribution in [3.05, 3.63) is 29.3 Å². The molecule has 1 aromatic rings. The first kappa shape index (κ1) is 13.8. The molecule has 2 atom stereocenters. The second-order valence-electron chi connectivity index (χ2n) is 6.08. The standard InChI is InChI=1S/C16H17NO4/c1-8-6-10-11(7-8)15(19)17(14(10)18)12-5-3-4-9(2)13(12)16(20)21/h3-5,8,10-11H,6-7H2,1-2H3,(H,20,21). The minimum absolute atomic E-state index is 0.0345. The fourth-order valence-electron chi connectivity index (χ4n) is 3.63. The number of imide groups is 1. The molecule has 3 rings (SSSR count). The van der Waals surface area contributed by atoms with Gasteiger partial charge in [-0.25, -0.2) is 9.69 Å². The summed E-state index contributed by atoms with van der Waals surface area (Å²) in [5, 5.41) is 9.38. The molecule has 2 amide bonds. The summed E-state index contributed by atoms with van der Waals surface area (Å²) >= 11 is 0. The Balaban J connectivity index is 2.07. The molecule has 0 bridgehead atoms. The summed E-state index contributed by atoms with van der Waals surface area (Å²) in [6.07, 6.45) is 1.42. The number of carbonyl (C=O) groups excluding carboxylic acids is 2. The van der Waals surface area contributed by atoms with Gasteiger partial charge in [0.25, 0.3) is 0 Å². The molecule has 1 heterocycles. The molecular formula is C16H17NO4. The molecule has 5 nitrogen and oxygen atoms in total. The number of carbonyl (C=O) groups is 3. The van der Waals surface area contributed by atoms with Crippen molar-refractivity contribution >= 4 is 23.5 Å². The molecule has 0 radical (unpaired) electrons. The number of benzene rings is 1. The number of carboxylic acids is 1. The second-order valence-corrected chi connectivity index (χ2v) is 6.08. The summed E-state index contributed by atoms with van der Waals surface area (Å²) in [6.45, 7) is 3.71. The summed E-state index contributed by atoms with van der Waals surface area (Å²) in [5.74, 6) is -1.81. The SMILES string of the molecule is Cc1cccc(N2C(=O)C3CC(C)CC3C2=O)c1C(=O)O. The summed E-state index contributed by atoms with van der Waals surface area (Å²) in [4.78, 5) is 37.6. The van der Waals surface area contributed by atoms with Gasteiger partial charge in [0.2, 0.25) is 11.8 Å². The van der Waals surface area contributed by atoms with Gasteiger partial charge in [-0.1, -0.05) is 19.1 Å². The highest BCUT2D eigenvalue weighted by molar-refractivity contribution is 6.24. The maximum atomic E-state index is 12.5. The van der Waals surface area contributed by atoms with Crippen LogP contribution in [0.5, 0.6) is 0 Å². The average molecular weight is 287 g/mol. The van der Waals surface area contributed by atoms with E-state index in [1.165, 1.54) is 6.07 Å². The highest BCUT2D eigenvalue weighted by Gasteiger charge is 2.52. The predicted molar refractivity (Wildman–Crippen MR) is 76.0 cm³/mol. The van der Waals surface area contributed by atoms with Crippen molar-refractivity contribution in [3.63, 3.8) is 0 Å². The Bertz CT molecular complexity index is 628. The Labute approximate surface area is 122 Å². The Morgan fingerprint density at radius 2 is 1.76 bits per heavy atom. The number of rotatable bonds is 2. The van der Waals surface area contributed by atoms with E-state index in [0.717, 1.165) is 4.90 Å². The van der Waals surface area contributed by atoms with Crippen LogP contribution in [0.25, 0.3) is 0 Å². The zero-order valence-electron chi connectivity index (χ0n) is 12.0. The largest absolute Gasteiger partial charge is 0.478 e. The maximum absolute atomic E-state index is 12.5. The molecule has 5 heteroatoms. The first-order valence-corrected chi connectivity index (χ1v) is 7.12. The fourth-order valence-corrected chi connectivity index (χ4v) is 3.63. The molecule has 1 saturated heterocycles. The number of amides is 2. The molecule has 21 heavy (non-hydrogen) atoms. The molecule has 1 saturated carbocycles. The van der Waals surface area contributed by atoms with E-state index in [2.05, 4.69) is 0 Å². The van der Waals surface area contributed by atoms with Gasteiger partial charge in [0.05, 0.1) is 23.1 Å². The lowest BCUT2D eigenvalue weighted by Crippen LogP contribution is -2.33. The molecule has 1 aliphatic carbocycles. The topological polar surface area (TPSA) is 74.7 Å². The zero-order valence-corrected chi connectivity index (χ0v) is 12.0. The zero-order chi connectivity index (χ0) is 15.3. The lowest BCUT2D eigenvalue weighted by Gasteiger charge is -2.19. The molecule has 1 aromatic carbocycles. The minimum Gasteiger partial charge on any atom is -0.478 e. The van der Waals surface area contributed by atoms with Crippen molar-refractivity contribution in [1.82, 2.24) is 0 Å². The number of hydrogen-bond donors (Lipinski definition) is 1. The summed E-state index contributed by atoms with van der Waals surface area (Å²) < 4.78 is 0. The number of anilines is 1. The van der Waals surface area contributed by atoms with Gasteiger partial charge in [-0.15, -0.1) is 0 Å². The van der Waals surface area contributed by atoms with Crippen LogP contribution in [-0.2, 0) is 9.59 Å². The highest BCUT2D eigenvalue weighted by atomic mass is 16.4. The van der Waals surface area contributed by atoms with Gasteiger partial charge in [0.15, 0.2) is 0 Å². The Hall–Kier alpha value is -2.17. The van der Waals surface area contributed by atoms with Crippen LogP contribution in [0.2, 0.25) is 0 Å². The van der Waals surface area contributed by atoms with E-state index >= 15 is 0 Å². The van der Waals surface area contributed by atoms with E-state index < -0.39 is 5.97 Å². The second kappa shape index (κ2) is 4.69. The number of aromatic carboxylic acids is 1. The normalized spacial score (nSPS) is 28.1. The highest BCUT2D eigenvalue weighted by Crippen LogP contribution is 2.45. The number of nitrogens with zero attached hydrogens (tertiary/aromatic N) is 1. The summed E-state index contributed by atoms with van der Waals surface area (Å²) in [7, 11) is 0. The van der Waals surface area contributed by atoms with Gasteiger partial charge in [-0.05, 0) is 37.3 Å². The maximum Gasteiger partial charge on any atom is 0.338 e. The van der Waals surface area contributed by atoms with Crippen molar-refractivity contribution in [3.8, 4) is 0 Å². The molecule has 2 fully saturated rings. The van der Waals surface area contributed by atoms with Gasteiger partial charge >= 0.3 is 5.97 Å². The van der Waals surface area contributed by atoms with Crippen LogP contribution in [0.15, 0.2) is 18.2 Å². The Morgan fingerprint density at radius 3 is 2.29 bits per heavy atom. The lowest BCUT2D eigenvalue weighted by atomic mass is 10.00. The van der Waals surface area contributed by atoms with E-state index in [1.54, 1.807) is 19.1 Å². The van der Waals surface area contributed by atoms with E-state index in [-0.39, 0.29) is 34.9 Å². The number of carboxylic acid groups (broad SMARTS) is 1. The number of fused-ring (bicyclic) bond motifs is 1. The molecule has 1 N–H and O–H groups in total. The third-order valence-corrected chi connectivity index (χ3v) is 4.58. The van der Waals surface area contributed by atoms with E-state index in [0.29, 0.717) is 24.3 Å². The van der Waals surface area contributed by atoms with E-state index in [4.69, 9.17) is 0 Å². The van der Waals surface area contributed by atoms with Crippen molar-refractivity contribution in [2.24, 2.45) is 17.8 Å². The molecular weight excluding hydrogens is 270 g/mol. The summed E-state index contributed by atoms with van der Waals surface area (Å²) in [5.41, 5.74) is 0.790. The molecule has 0 aromatic heterocycles. The smallest absolute Gasteiger partial charge is 0.338 e. The van der Waals surface area contributed by atoms with Gasteiger partial charge in [-0.3, -0.25) is 9.59 Å². The van der Waals surface area contributed by atoms with Crippen molar-refractivity contribution in [2.75, 3.05) is 4.90 Å². The first-order valence-electron chi connectivity index (χ1n) is 7.12. The van der Waals surface area contributed by atoms with Crippen molar-refractivity contribution in [1.29, 1.82) is 0 Å². The number of aryl methyl sites for hydroxylation is 1. The van der Waals surface area contributed by atoms with Gasteiger partial charge in [0.1, 0.15) is 0 Å². The molecule has 110 valence electrons. The quantitative estimate of drug-likeness (QED) is 0.846. The third-order valence-electron chi connectivity index (χ3n) is 4.58. The average Bonchev–Trinajstić information content (AvgIpc) is 2.88. The fraction of sp³-hybridized carbons (Fsp3) is 0.438. The van der Waals surface area contributed by atoms with Gasteiger partial charge in [0, 0.05) is 0 Å². The van der Waals surface area contributed by atoms with Crippen LogP contribution >= 0.6 is 0 Å². The van der Waals surface area contributed by atoms with E-state index in [1.807, 2.05) is 6.92 Å². The minimum atomic E-state index is -1.12. The third kappa shape index (κ3) is 1.95. The summed E-state index contributed by atoms with van der Waals surface area (Å²) in [6, 6.07) is 4.88. The predicted octanol–water partition coefficient (Wildman–Crippen LogP) is 2.23. The molecule has 1 aliphatic heterocycles. The van der Waals surface area contributed by atoms with E-state index in [9.17, 15) is 19.5 Å². The molecule has 2 unspecified atom stereocenters. The Kier molecular flexibility index (Phi) is 3.08. The van der Waals surface area contributed by atoms with Crippen LogP contribution in [0.4, 0.5) is 5.69 Å². The van der Waals surface area contributed by atoms with Crippen molar-refractivity contribution < 1.29 is 19.5 Å². The Morgan fingerprint density at radius 1 is 1.19 bits per heavy atom. The monoisotopic (exact) mass is 287 g/mol. The van der Waals surface area contributed by atoms with Crippen LogP contribution in [0, 0.1) is 24.7 Å². The van der Waals surface area contributed by atoms with Crippen LogP contribution < -0.4 is 4.90 Å². The molecule has 2 aliphatic rings.